The first-order valence-electron chi connectivity index (χ1n) is 2.95. The summed E-state index contributed by atoms with van der Waals surface area (Å²) in [5.41, 5.74) is 0.689. The molecule has 0 N–H and O–H groups in total. The minimum absolute atomic E-state index is 0.515. The number of thioether (sulfide) groups is 1. The van der Waals surface area contributed by atoms with Crippen molar-refractivity contribution >= 4 is 11.8 Å². The van der Waals surface area contributed by atoms with Crippen LogP contribution in [-0.4, -0.2) is 5.75 Å². The highest BCUT2D eigenvalue weighted by Crippen LogP contribution is 2.05. The van der Waals surface area contributed by atoms with Crippen molar-refractivity contribution in [2.24, 2.45) is 0 Å². The van der Waals surface area contributed by atoms with Gasteiger partial charge < -0.3 is 0 Å². The van der Waals surface area contributed by atoms with Gasteiger partial charge in [-0.15, -0.1) is 0 Å². The second-order valence-electron chi connectivity index (χ2n) is 1.63. The molecule has 0 spiro atoms. The summed E-state index contributed by atoms with van der Waals surface area (Å²) in [5, 5.41) is 18.5. The van der Waals surface area contributed by atoms with Gasteiger partial charge in [0.05, 0.1) is 6.07 Å². The maximum atomic E-state index is 8.44. The molecular weight excluding hydrogens is 144 g/mol. The second kappa shape index (κ2) is 6.19. The summed E-state index contributed by atoms with van der Waals surface area (Å²) < 4.78 is 0. The predicted octanol–water partition coefficient (Wildman–Crippen LogP) is 2.06. The molecule has 52 valence electrons. The second-order valence-corrected chi connectivity index (χ2v) is 2.39. The number of thiocyanates is 1. The predicted molar refractivity (Wildman–Crippen MR) is 42.1 cm³/mol. The SMILES string of the molecule is CC/C=C(/C#N)CSC#N. The van der Waals surface area contributed by atoms with E-state index in [1.165, 1.54) is 0 Å². The van der Waals surface area contributed by atoms with Crippen molar-refractivity contribution in [1.82, 2.24) is 0 Å². The third-order valence-electron chi connectivity index (χ3n) is 0.886. The van der Waals surface area contributed by atoms with E-state index in [0.29, 0.717) is 11.3 Å². The molecule has 0 aromatic heterocycles. The average Bonchev–Trinajstić information content (AvgIpc) is 1.98. The molecule has 0 saturated heterocycles. The van der Waals surface area contributed by atoms with Gasteiger partial charge >= 0.3 is 0 Å². The van der Waals surface area contributed by atoms with E-state index >= 15 is 0 Å². The number of rotatable bonds is 3. The first kappa shape index (κ1) is 9.07. The summed E-state index contributed by atoms with van der Waals surface area (Å²) in [6.45, 7) is 1.97. The van der Waals surface area contributed by atoms with E-state index < -0.39 is 0 Å². The number of nitrogens with zero attached hydrogens (tertiary/aromatic N) is 2. The van der Waals surface area contributed by atoms with E-state index in [0.717, 1.165) is 18.2 Å². The van der Waals surface area contributed by atoms with Crippen molar-refractivity contribution in [2.75, 3.05) is 5.75 Å². The van der Waals surface area contributed by atoms with Crippen LogP contribution in [0.3, 0.4) is 0 Å². The third-order valence-corrected chi connectivity index (χ3v) is 1.47. The largest absolute Gasteiger partial charge is 0.193 e. The Morgan fingerprint density at radius 3 is 2.70 bits per heavy atom. The van der Waals surface area contributed by atoms with Crippen molar-refractivity contribution in [1.29, 1.82) is 10.5 Å². The molecule has 0 aliphatic heterocycles. The highest BCUT2D eigenvalue weighted by molar-refractivity contribution is 8.03. The molecule has 0 unspecified atom stereocenters. The number of nitriles is 2. The fourth-order valence-electron chi connectivity index (χ4n) is 0.493. The average molecular weight is 152 g/mol. The van der Waals surface area contributed by atoms with Crippen LogP contribution < -0.4 is 0 Å². The van der Waals surface area contributed by atoms with Gasteiger partial charge in [0, 0.05) is 11.3 Å². The summed E-state index contributed by atoms with van der Waals surface area (Å²) in [7, 11) is 0. The number of allylic oxidation sites excluding steroid dienone is 1. The molecule has 3 heteroatoms. The van der Waals surface area contributed by atoms with Crippen LogP contribution in [0.5, 0.6) is 0 Å². The van der Waals surface area contributed by atoms with Crippen LogP contribution in [0.1, 0.15) is 13.3 Å². The van der Waals surface area contributed by atoms with E-state index in [9.17, 15) is 0 Å². The van der Waals surface area contributed by atoms with E-state index in [-0.39, 0.29) is 0 Å². The van der Waals surface area contributed by atoms with Crippen LogP contribution >= 0.6 is 11.8 Å². The summed E-state index contributed by atoms with van der Waals surface area (Å²) in [6, 6.07) is 2.03. The monoisotopic (exact) mass is 152 g/mol. The van der Waals surface area contributed by atoms with Crippen LogP contribution in [0.4, 0.5) is 0 Å². The van der Waals surface area contributed by atoms with Gasteiger partial charge in [0.2, 0.25) is 0 Å². The fraction of sp³-hybridized carbons (Fsp3) is 0.429. The molecule has 0 rings (SSSR count). The molecule has 0 aliphatic carbocycles. The minimum Gasteiger partial charge on any atom is -0.193 e. The summed E-state index contributed by atoms with van der Waals surface area (Å²) in [4.78, 5) is 0. The Hall–Kier alpha value is -0.930. The molecule has 0 radical (unpaired) electrons. The van der Waals surface area contributed by atoms with Crippen LogP contribution in [0.15, 0.2) is 11.6 Å². The van der Waals surface area contributed by atoms with Gasteiger partial charge in [-0.05, 0) is 18.2 Å². The summed E-state index contributed by atoms with van der Waals surface area (Å²) in [6.07, 6.45) is 2.69. The van der Waals surface area contributed by atoms with Crippen molar-refractivity contribution in [3.05, 3.63) is 11.6 Å². The van der Waals surface area contributed by atoms with Crippen molar-refractivity contribution in [3.8, 4) is 11.5 Å². The normalized spacial score (nSPS) is 10.1. The van der Waals surface area contributed by atoms with Gasteiger partial charge in [-0.2, -0.15) is 10.5 Å². The van der Waals surface area contributed by atoms with Gasteiger partial charge in [-0.3, -0.25) is 0 Å². The summed E-state index contributed by atoms with van der Waals surface area (Å²) >= 11 is 1.10. The maximum Gasteiger partial charge on any atom is 0.133 e. The quantitative estimate of drug-likeness (QED) is 0.459. The first-order valence-corrected chi connectivity index (χ1v) is 3.93. The third kappa shape index (κ3) is 4.00. The lowest BCUT2D eigenvalue weighted by molar-refractivity contribution is 1.20. The van der Waals surface area contributed by atoms with Gasteiger partial charge in [0.1, 0.15) is 5.40 Å². The fourth-order valence-corrected chi connectivity index (χ4v) is 0.896. The summed E-state index contributed by atoms with van der Waals surface area (Å²) in [5.74, 6) is 0.515. The minimum atomic E-state index is 0.515. The van der Waals surface area contributed by atoms with Crippen molar-refractivity contribution in [2.45, 2.75) is 13.3 Å². The van der Waals surface area contributed by atoms with Gasteiger partial charge in [-0.25, -0.2) is 0 Å². The Balaban J connectivity index is 3.78. The Bertz CT molecular complexity index is 195. The van der Waals surface area contributed by atoms with Crippen molar-refractivity contribution < 1.29 is 0 Å². The van der Waals surface area contributed by atoms with Gasteiger partial charge in [0.15, 0.2) is 0 Å². The Labute approximate surface area is 65.1 Å². The van der Waals surface area contributed by atoms with E-state index in [1.54, 1.807) is 0 Å². The van der Waals surface area contributed by atoms with Gasteiger partial charge in [-0.1, -0.05) is 13.0 Å². The molecule has 0 aliphatic rings. The molecule has 0 aromatic carbocycles. The highest BCUT2D eigenvalue weighted by Gasteiger charge is 1.92. The Kier molecular flexibility index (Phi) is 5.62. The van der Waals surface area contributed by atoms with Crippen LogP contribution in [0, 0.1) is 22.0 Å². The lowest BCUT2D eigenvalue weighted by atomic mass is 10.3. The van der Waals surface area contributed by atoms with Crippen LogP contribution in [0.2, 0.25) is 0 Å². The molecule has 0 aromatic rings. The Morgan fingerprint density at radius 1 is 1.60 bits per heavy atom. The molecule has 2 nitrogen and oxygen atoms in total. The number of hydrogen-bond donors (Lipinski definition) is 0. The topological polar surface area (TPSA) is 47.6 Å². The lowest BCUT2D eigenvalue weighted by Gasteiger charge is -1.88. The molecule has 0 heterocycles. The van der Waals surface area contributed by atoms with Crippen molar-refractivity contribution in [3.63, 3.8) is 0 Å². The van der Waals surface area contributed by atoms with Gasteiger partial charge in [0.25, 0.3) is 0 Å². The number of hydrogen-bond acceptors (Lipinski definition) is 3. The van der Waals surface area contributed by atoms with Crippen LogP contribution in [-0.2, 0) is 0 Å². The maximum absolute atomic E-state index is 8.44. The molecule has 0 fully saturated rings. The lowest BCUT2D eigenvalue weighted by Crippen LogP contribution is -1.80. The molecule has 0 bridgehead atoms. The van der Waals surface area contributed by atoms with E-state index in [1.807, 2.05) is 24.5 Å². The highest BCUT2D eigenvalue weighted by atomic mass is 32.2. The molecular formula is C7H8N2S. The molecule has 0 atom stereocenters. The van der Waals surface area contributed by atoms with E-state index in [4.69, 9.17) is 10.5 Å². The van der Waals surface area contributed by atoms with Crippen LogP contribution in [0.25, 0.3) is 0 Å². The standard InChI is InChI=1S/C7H8N2S/c1-2-3-7(4-8)5-10-6-9/h3H,2,5H2,1H3/b7-3-. The smallest absolute Gasteiger partial charge is 0.133 e. The van der Waals surface area contributed by atoms with E-state index in [2.05, 4.69) is 0 Å². The zero-order chi connectivity index (χ0) is 7.82. The zero-order valence-corrected chi connectivity index (χ0v) is 6.61. The zero-order valence-electron chi connectivity index (χ0n) is 5.79. The Morgan fingerprint density at radius 2 is 2.30 bits per heavy atom. The molecule has 0 amide bonds. The molecule has 0 saturated carbocycles. The molecule has 10 heavy (non-hydrogen) atoms. The first-order chi connectivity index (χ1) is 4.85.